The van der Waals surface area contributed by atoms with Crippen molar-refractivity contribution in [2.45, 2.75) is 6.54 Å². The van der Waals surface area contributed by atoms with E-state index in [9.17, 15) is 4.79 Å². The van der Waals surface area contributed by atoms with E-state index in [1.54, 1.807) is 36.5 Å². The van der Waals surface area contributed by atoms with Gasteiger partial charge in [0.25, 0.3) is 5.91 Å². The van der Waals surface area contributed by atoms with E-state index in [1.165, 1.54) is 6.20 Å². The molecule has 0 saturated heterocycles. The van der Waals surface area contributed by atoms with Gasteiger partial charge in [0.05, 0.1) is 5.56 Å². The fraction of sp³-hybridized carbons (Fsp3) is 0.0667. The minimum Gasteiger partial charge on any atom is -0.348 e. The highest BCUT2D eigenvalue weighted by atomic mass is 35.5. The van der Waals surface area contributed by atoms with Crippen LogP contribution in [0.3, 0.4) is 0 Å². The highest BCUT2D eigenvalue weighted by molar-refractivity contribution is 6.35. The Bertz CT molecular complexity index is 642. The SMILES string of the molecule is C=Cc1cc(Cl)cc(Cl)c1CNC(=O)c1cccnc1. The topological polar surface area (TPSA) is 42.0 Å². The molecular weight excluding hydrogens is 295 g/mol. The molecule has 5 heteroatoms. The molecule has 0 saturated carbocycles. The molecule has 0 aliphatic heterocycles. The summed E-state index contributed by atoms with van der Waals surface area (Å²) in [6.45, 7) is 4.02. The van der Waals surface area contributed by atoms with Gasteiger partial charge in [0.2, 0.25) is 0 Å². The number of hydrogen-bond donors (Lipinski definition) is 1. The molecule has 2 aromatic rings. The van der Waals surface area contributed by atoms with Crippen molar-refractivity contribution in [1.29, 1.82) is 0 Å². The van der Waals surface area contributed by atoms with Crippen LogP contribution in [0.1, 0.15) is 21.5 Å². The Morgan fingerprint density at radius 2 is 2.20 bits per heavy atom. The lowest BCUT2D eigenvalue weighted by molar-refractivity contribution is 0.0950. The summed E-state index contributed by atoms with van der Waals surface area (Å²) in [6.07, 6.45) is 4.78. The first-order valence-corrected chi connectivity index (χ1v) is 6.66. The summed E-state index contributed by atoms with van der Waals surface area (Å²) in [6, 6.07) is 6.80. The smallest absolute Gasteiger partial charge is 0.253 e. The van der Waals surface area contributed by atoms with Gasteiger partial charge in [0.1, 0.15) is 0 Å². The third-order valence-electron chi connectivity index (χ3n) is 2.76. The molecule has 0 unspecified atom stereocenters. The minimum absolute atomic E-state index is 0.209. The van der Waals surface area contributed by atoms with E-state index < -0.39 is 0 Å². The molecular formula is C15H12Cl2N2O. The monoisotopic (exact) mass is 306 g/mol. The Kier molecular flexibility index (Phi) is 4.77. The second kappa shape index (κ2) is 6.55. The van der Waals surface area contributed by atoms with Crippen LogP contribution in [0.2, 0.25) is 10.0 Å². The van der Waals surface area contributed by atoms with Crippen molar-refractivity contribution in [3.05, 3.63) is 70.0 Å². The van der Waals surface area contributed by atoms with Crippen LogP contribution in [0.5, 0.6) is 0 Å². The molecule has 1 heterocycles. The van der Waals surface area contributed by atoms with Crippen LogP contribution in [0, 0.1) is 0 Å². The molecule has 0 fully saturated rings. The zero-order valence-corrected chi connectivity index (χ0v) is 12.1. The van der Waals surface area contributed by atoms with Crippen LogP contribution in [0.4, 0.5) is 0 Å². The molecule has 20 heavy (non-hydrogen) atoms. The zero-order valence-electron chi connectivity index (χ0n) is 10.6. The molecule has 0 aliphatic carbocycles. The van der Waals surface area contributed by atoms with Crippen molar-refractivity contribution < 1.29 is 4.79 Å². The maximum atomic E-state index is 11.9. The Labute approximate surface area is 127 Å². The normalized spacial score (nSPS) is 10.1. The minimum atomic E-state index is -0.209. The van der Waals surface area contributed by atoms with Crippen LogP contribution in [-0.4, -0.2) is 10.9 Å². The number of benzene rings is 1. The molecule has 1 N–H and O–H groups in total. The van der Waals surface area contributed by atoms with Gasteiger partial charge in [-0.05, 0) is 35.4 Å². The highest BCUT2D eigenvalue weighted by Gasteiger charge is 2.10. The van der Waals surface area contributed by atoms with E-state index in [0.717, 1.165) is 11.1 Å². The Morgan fingerprint density at radius 1 is 1.40 bits per heavy atom. The predicted octanol–water partition coefficient (Wildman–Crippen LogP) is 3.96. The standard InChI is InChI=1S/C15H12Cl2N2O/c1-2-10-6-12(16)7-14(17)13(10)9-19-15(20)11-4-3-5-18-8-11/h2-8H,1,9H2,(H,19,20). The van der Waals surface area contributed by atoms with E-state index in [2.05, 4.69) is 16.9 Å². The molecule has 0 aliphatic rings. The summed E-state index contributed by atoms with van der Waals surface area (Å²) in [5.74, 6) is -0.209. The number of hydrogen-bond acceptors (Lipinski definition) is 2. The average molecular weight is 307 g/mol. The third-order valence-corrected chi connectivity index (χ3v) is 3.32. The second-order valence-corrected chi connectivity index (χ2v) is 4.93. The molecule has 1 aromatic heterocycles. The number of pyridine rings is 1. The first kappa shape index (κ1) is 14.6. The number of halogens is 2. The molecule has 0 spiro atoms. The first-order chi connectivity index (χ1) is 9.61. The van der Waals surface area contributed by atoms with Crippen molar-refractivity contribution in [3.8, 4) is 0 Å². The van der Waals surface area contributed by atoms with E-state index in [-0.39, 0.29) is 5.91 Å². The summed E-state index contributed by atoms with van der Waals surface area (Å²) in [7, 11) is 0. The molecule has 0 radical (unpaired) electrons. The number of amides is 1. The number of nitrogens with one attached hydrogen (secondary N) is 1. The van der Waals surface area contributed by atoms with Gasteiger partial charge < -0.3 is 5.32 Å². The van der Waals surface area contributed by atoms with Crippen LogP contribution in [0.25, 0.3) is 6.08 Å². The van der Waals surface area contributed by atoms with Gasteiger partial charge in [0, 0.05) is 29.0 Å². The number of rotatable bonds is 4. The van der Waals surface area contributed by atoms with Crippen LogP contribution in [0.15, 0.2) is 43.2 Å². The molecule has 3 nitrogen and oxygen atoms in total. The van der Waals surface area contributed by atoms with E-state index in [1.807, 2.05) is 0 Å². The molecule has 0 bridgehead atoms. The van der Waals surface area contributed by atoms with Crippen molar-refractivity contribution in [1.82, 2.24) is 10.3 Å². The summed E-state index contributed by atoms with van der Waals surface area (Å²) >= 11 is 12.1. The van der Waals surface area contributed by atoms with Gasteiger partial charge in [-0.25, -0.2) is 0 Å². The Hall–Kier alpha value is -1.84. The van der Waals surface area contributed by atoms with Gasteiger partial charge in [-0.2, -0.15) is 0 Å². The molecule has 102 valence electrons. The summed E-state index contributed by atoms with van der Waals surface area (Å²) < 4.78 is 0. The average Bonchev–Trinajstić information content (AvgIpc) is 2.46. The van der Waals surface area contributed by atoms with E-state index in [0.29, 0.717) is 22.2 Å². The lowest BCUT2D eigenvalue weighted by Crippen LogP contribution is -2.23. The van der Waals surface area contributed by atoms with Crippen molar-refractivity contribution in [2.24, 2.45) is 0 Å². The summed E-state index contributed by atoms with van der Waals surface area (Å²) in [5, 5.41) is 3.83. The zero-order chi connectivity index (χ0) is 14.5. The van der Waals surface area contributed by atoms with Gasteiger partial charge in [-0.15, -0.1) is 0 Å². The molecule has 1 aromatic carbocycles. The quantitative estimate of drug-likeness (QED) is 0.929. The summed E-state index contributed by atoms with van der Waals surface area (Å²) in [5.41, 5.74) is 2.08. The Morgan fingerprint density at radius 3 is 2.85 bits per heavy atom. The van der Waals surface area contributed by atoms with Gasteiger partial charge in [0.15, 0.2) is 0 Å². The lowest BCUT2D eigenvalue weighted by Gasteiger charge is -2.11. The molecule has 0 atom stereocenters. The van der Waals surface area contributed by atoms with Gasteiger partial charge >= 0.3 is 0 Å². The molecule has 2 rings (SSSR count). The lowest BCUT2D eigenvalue weighted by atomic mass is 10.1. The number of aromatic nitrogens is 1. The second-order valence-electron chi connectivity index (χ2n) is 4.08. The molecule has 1 amide bonds. The third kappa shape index (κ3) is 3.38. The van der Waals surface area contributed by atoms with E-state index in [4.69, 9.17) is 23.2 Å². The largest absolute Gasteiger partial charge is 0.348 e. The number of carbonyl (C=O) groups excluding carboxylic acids is 1. The highest BCUT2D eigenvalue weighted by Crippen LogP contribution is 2.26. The number of carbonyl (C=O) groups is 1. The van der Waals surface area contributed by atoms with Crippen molar-refractivity contribution >= 4 is 35.2 Å². The maximum absolute atomic E-state index is 11.9. The van der Waals surface area contributed by atoms with Crippen LogP contribution >= 0.6 is 23.2 Å². The number of nitrogens with zero attached hydrogens (tertiary/aromatic N) is 1. The fourth-order valence-corrected chi connectivity index (χ4v) is 2.34. The van der Waals surface area contributed by atoms with Gasteiger partial charge in [-0.1, -0.05) is 35.9 Å². The van der Waals surface area contributed by atoms with Crippen LogP contribution < -0.4 is 5.32 Å². The predicted molar refractivity (Wildman–Crippen MR) is 82.0 cm³/mol. The fourth-order valence-electron chi connectivity index (χ4n) is 1.76. The maximum Gasteiger partial charge on any atom is 0.253 e. The van der Waals surface area contributed by atoms with E-state index >= 15 is 0 Å². The first-order valence-electron chi connectivity index (χ1n) is 5.90. The summed E-state index contributed by atoms with van der Waals surface area (Å²) in [4.78, 5) is 15.9. The Balaban J connectivity index is 2.15. The van der Waals surface area contributed by atoms with Crippen molar-refractivity contribution in [3.63, 3.8) is 0 Å². The van der Waals surface area contributed by atoms with Crippen molar-refractivity contribution in [2.75, 3.05) is 0 Å². The van der Waals surface area contributed by atoms with Gasteiger partial charge in [-0.3, -0.25) is 9.78 Å². The van der Waals surface area contributed by atoms with Crippen LogP contribution in [-0.2, 0) is 6.54 Å².